The summed E-state index contributed by atoms with van der Waals surface area (Å²) in [6, 6.07) is 9.63. The number of hydrogen-bond acceptors (Lipinski definition) is 2. The minimum Gasteiger partial charge on any atom is -0.491 e. The number of halogens is 2. The van der Waals surface area contributed by atoms with Gasteiger partial charge in [-0.05, 0) is 38.1 Å². The van der Waals surface area contributed by atoms with E-state index in [0.717, 1.165) is 22.9 Å². The molecule has 2 rings (SSSR count). The first-order valence-corrected chi connectivity index (χ1v) is 6.84. The van der Waals surface area contributed by atoms with Crippen LogP contribution in [-0.2, 0) is 0 Å². The monoisotopic (exact) mass is 291 g/mol. The third kappa shape index (κ3) is 3.39. The highest BCUT2D eigenvalue weighted by molar-refractivity contribution is 5.39. The maximum Gasteiger partial charge on any atom is 0.163 e. The van der Waals surface area contributed by atoms with Crippen LogP contribution in [0.15, 0.2) is 36.4 Å². The summed E-state index contributed by atoms with van der Waals surface area (Å²) in [6.45, 7) is 4.14. The summed E-state index contributed by atoms with van der Waals surface area (Å²) in [5.41, 5.74) is 2.30. The molecule has 0 fully saturated rings. The number of aryl methyl sites for hydroxylation is 2. The van der Waals surface area contributed by atoms with Crippen molar-refractivity contribution in [3.8, 4) is 5.75 Å². The molecule has 0 aromatic heterocycles. The van der Waals surface area contributed by atoms with E-state index in [1.165, 1.54) is 6.07 Å². The molecule has 1 unspecified atom stereocenters. The predicted octanol–water partition coefficient (Wildman–Crippen LogP) is 3.92. The van der Waals surface area contributed by atoms with Gasteiger partial charge in [0.2, 0.25) is 0 Å². The maximum absolute atomic E-state index is 13.9. The molecule has 0 aliphatic carbocycles. The van der Waals surface area contributed by atoms with Crippen LogP contribution in [0.1, 0.15) is 22.7 Å². The second-order valence-corrected chi connectivity index (χ2v) is 5.02. The van der Waals surface area contributed by atoms with E-state index in [0.29, 0.717) is 0 Å². The van der Waals surface area contributed by atoms with Crippen LogP contribution in [0.4, 0.5) is 8.78 Å². The minimum atomic E-state index is -0.847. The van der Waals surface area contributed by atoms with Gasteiger partial charge in [-0.15, -0.1) is 0 Å². The number of hydrogen-bond donors (Lipinski definition) is 1. The van der Waals surface area contributed by atoms with Crippen molar-refractivity contribution in [2.75, 3.05) is 13.7 Å². The lowest BCUT2D eigenvalue weighted by atomic mass is 10.1. The zero-order valence-corrected chi connectivity index (χ0v) is 12.4. The highest BCUT2D eigenvalue weighted by Crippen LogP contribution is 2.25. The van der Waals surface area contributed by atoms with Gasteiger partial charge < -0.3 is 10.1 Å². The van der Waals surface area contributed by atoms with E-state index in [4.69, 9.17) is 4.74 Å². The van der Waals surface area contributed by atoms with Crippen LogP contribution in [0.25, 0.3) is 0 Å². The zero-order valence-electron chi connectivity index (χ0n) is 12.4. The molecule has 4 heteroatoms. The molecule has 21 heavy (non-hydrogen) atoms. The Morgan fingerprint density at radius 1 is 1.05 bits per heavy atom. The molecule has 2 aromatic rings. The van der Waals surface area contributed by atoms with Gasteiger partial charge in [0.15, 0.2) is 11.6 Å². The first kappa shape index (κ1) is 15.4. The van der Waals surface area contributed by atoms with Crippen LogP contribution >= 0.6 is 0 Å². The molecule has 0 spiro atoms. The Bertz CT molecular complexity index is 608. The third-order valence-electron chi connectivity index (χ3n) is 3.51. The number of nitrogens with one attached hydrogen (secondary N) is 1. The van der Waals surface area contributed by atoms with E-state index in [1.54, 1.807) is 13.1 Å². The van der Waals surface area contributed by atoms with Crippen LogP contribution in [0, 0.1) is 25.5 Å². The van der Waals surface area contributed by atoms with Crippen molar-refractivity contribution < 1.29 is 13.5 Å². The molecule has 0 amide bonds. The van der Waals surface area contributed by atoms with Crippen molar-refractivity contribution in [2.24, 2.45) is 0 Å². The minimum absolute atomic E-state index is 0.225. The summed E-state index contributed by atoms with van der Waals surface area (Å²) in [6.07, 6.45) is 0. The fourth-order valence-corrected chi connectivity index (χ4v) is 2.31. The zero-order chi connectivity index (χ0) is 15.4. The van der Waals surface area contributed by atoms with Crippen LogP contribution in [0.5, 0.6) is 5.75 Å². The molecule has 1 atom stereocenters. The lowest BCUT2D eigenvalue weighted by Gasteiger charge is -2.20. The molecule has 1 N–H and O–H groups in total. The molecule has 0 bridgehead atoms. The van der Waals surface area contributed by atoms with Crippen LogP contribution in [0.3, 0.4) is 0 Å². The van der Waals surface area contributed by atoms with Crippen molar-refractivity contribution in [1.29, 1.82) is 0 Å². The van der Waals surface area contributed by atoms with Gasteiger partial charge >= 0.3 is 0 Å². The highest BCUT2D eigenvalue weighted by Gasteiger charge is 2.18. The van der Waals surface area contributed by atoms with Gasteiger partial charge in [0, 0.05) is 5.56 Å². The van der Waals surface area contributed by atoms with E-state index in [-0.39, 0.29) is 12.2 Å². The van der Waals surface area contributed by atoms with Gasteiger partial charge in [-0.1, -0.05) is 30.3 Å². The summed E-state index contributed by atoms with van der Waals surface area (Å²) >= 11 is 0. The SMILES string of the molecule is CNC(COc1c(C)cccc1C)c1cccc(F)c1F. The molecule has 112 valence electrons. The van der Waals surface area contributed by atoms with E-state index in [9.17, 15) is 8.78 Å². The largest absolute Gasteiger partial charge is 0.491 e. The molecule has 0 heterocycles. The number of para-hydroxylation sites is 1. The smallest absolute Gasteiger partial charge is 0.163 e. The van der Waals surface area contributed by atoms with Crippen LogP contribution in [-0.4, -0.2) is 13.7 Å². The van der Waals surface area contributed by atoms with Gasteiger partial charge in [0.05, 0.1) is 6.04 Å². The summed E-state index contributed by atoms with van der Waals surface area (Å²) in [5, 5.41) is 2.96. The quantitative estimate of drug-likeness (QED) is 0.901. The predicted molar refractivity (Wildman–Crippen MR) is 79.6 cm³/mol. The topological polar surface area (TPSA) is 21.3 Å². The summed E-state index contributed by atoms with van der Waals surface area (Å²) in [5.74, 6) is -0.892. The lowest BCUT2D eigenvalue weighted by molar-refractivity contribution is 0.265. The number of rotatable bonds is 5. The molecule has 0 saturated carbocycles. The van der Waals surface area contributed by atoms with Crippen molar-refractivity contribution >= 4 is 0 Å². The summed E-state index contributed by atoms with van der Waals surface area (Å²) in [4.78, 5) is 0. The molecule has 0 saturated heterocycles. The molecule has 2 nitrogen and oxygen atoms in total. The Balaban J connectivity index is 2.19. The van der Waals surface area contributed by atoms with E-state index < -0.39 is 17.7 Å². The Labute approximate surface area is 123 Å². The Morgan fingerprint density at radius 3 is 2.29 bits per heavy atom. The fraction of sp³-hybridized carbons (Fsp3) is 0.294. The molecular formula is C17H19F2NO. The second-order valence-electron chi connectivity index (χ2n) is 5.02. The molecular weight excluding hydrogens is 272 g/mol. The van der Waals surface area contributed by atoms with Crippen LogP contribution in [0.2, 0.25) is 0 Å². The van der Waals surface area contributed by atoms with Crippen LogP contribution < -0.4 is 10.1 Å². The van der Waals surface area contributed by atoms with E-state index >= 15 is 0 Å². The van der Waals surface area contributed by atoms with Gasteiger partial charge in [-0.25, -0.2) is 8.78 Å². The van der Waals surface area contributed by atoms with Crippen molar-refractivity contribution in [3.05, 3.63) is 64.7 Å². The third-order valence-corrected chi connectivity index (χ3v) is 3.51. The first-order chi connectivity index (χ1) is 10.0. The van der Waals surface area contributed by atoms with Gasteiger partial charge in [-0.3, -0.25) is 0 Å². The standard InChI is InChI=1S/C17H19F2NO/c1-11-6-4-7-12(2)17(11)21-10-15(20-3)13-8-5-9-14(18)16(13)19/h4-9,15,20H,10H2,1-3H3. The van der Waals surface area contributed by atoms with Crippen molar-refractivity contribution in [2.45, 2.75) is 19.9 Å². The molecule has 0 aliphatic heterocycles. The van der Waals surface area contributed by atoms with Crippen molar-refractivity contribution in [1.82, 2.24) is 5.32 Å². The summed E-state index contributed by atoms with van der Waals surface area (Å²) < 4.78 is 33.0. The normalized spacial score (nSPS) is 12.2. The van der Waals surface area contributed by atoms with E-state index in [1.807, 2.05) is 32.0 Å². The van der Waals surface area contributed by atoms with Crippen molar-refractivity contribution in [3.63, 3.8) is 0 Å². The maximum atomic E-state index is 13.9. The Kier molecular flexibility index (Phi) is 4.91. The Hall–Kier alpha value is -1.94. The van der Waals surface area contributed by atoms with Gasteiger partial charge in [-0.2, -0.15) is 0 Å². The highest BCUT2D eigenvalue weighted by atomic mass is 19.2. The summed E-state index contributed by atoms with van der Waals surface area (Å²) in [7, 11) is 1.70. The lowest BCUT2D eigenvalue weighted by Crippen LogP contribution is -2.25. The average molecular weight is 291 g/mol. The molecule has 2 aromatic carbocycles. The first-order valence-electron chi connectivity index (χ1n) is 6.84. The van der Waals surface area contributed by atoms with Gasteiger partial charge in [0.25, 0.3) is 0 Å². The molecule has 0 aliphatic rings. The van der Waals surface area contributed by atoms with E-state index in [2.05, 4.69) is 5.32 Å². The number of likely N-dealkylation sites (N-methyl/N-ethyl adjacent to an activating group) is 1. The number of benzene rings is 2. The molecule has 0 radical (unpaired) electrons. The second kappa shape index (κ2) is 6.68. The Morgan fingerprint density at radius 2 is 1.67 bits per heavy atom. The van der Waals surface area contributed by atoms with Gasteiger partial charge in [0.1, 0.15) is 12.4 Å². The average Bonchev–Trinajstić information content (AvgIpc) is 2.46. The number of ether oxygens (including phenoxy) is 1. The fourth-order valence-electron chi connectivity index (χ4n) is 2.31.